The molecular formula is C20H33Cl2N3O. The Hall–Kier alpha value is -0.810. The molecule has 1 aliphatic carbocycles. The summed E-state index contributed by atoms with van der Waals surface area (Å²) in [6.45, 7) is 8.32. The maximum Gasteiger partial charge on any atom is 0.240 e. The van der Waals surface area contributed by atoms with Crippen molar-refractivity contribution in [1.29, 1.82) is 0 Å². The number of carbonyl (C=O) groups excluding carboxylic acids is 1. The molecule has 2 aliphatic rings. The fourth-order valence-electron chi connectivity index (χ4n) is 3.82. The third-order valence-corrected chi connectivity index (χ3v) is 5.83. The van der Waals surface area contributed by atoms with Crippen LogP contribution in [0.2, 0.25) is 0 Å². The van der Waals surface area contributed by atoms with Crippen LogP contribution in [-0.2, 0) is 11.3 Å². The molecule has 26 heavy (non-hydrogen) atoms. The highest BCUT2D eigenvalue weighted by molar-refractivity contribution is 5.87. The van der Waals surface area contributed by atoms with Gasteiger partial charge in [0.2, 0.25) is 5.91 Å². The van der Waals surface area contributed by atoms with Crippen molar-refractivity contribution in [3.63, 3.8) is 0 Å². The number of likely N-dealkylation sites (tertiary alicyclic amines) is 1. The first-order chi connectivity index (χ1) is 11.5. The van der Waals surface area contributed by atoms with Crippen molar-refractivity contribution in [3.05, 3.63) is 34.9 Å². The molecule has 1 aliphatic heterocycles. The van der Waals surface area contributed by atoms with E-state index in [-0.39, 0.29) is 30.7 Å². The molecule has 3 N–H and O–H groups in total. The predicted octanol–water partition coefficient (Wildman–Crippen LogP) is 3.36. The van der Waals surface area contributed by atoms with Gasteiger partial charge < -0.3 is 11.1 Å². The third-order valence-electron chi connectivity index (χ3n) is 5.83. The Labute approximate surface area is 170 Å². The van der Waals surface area contributed by atoms with Crippen LogP contribution in [0.15, 0.2) is 18.2 Å². The molecule has 1 saturated carbocycles. The van der Waals surface area contributed by atoms with Gasteiger partial charge in [0, 0.05) is 19.6 Å². The van der Waals surface area contributed by atoms with Crippen LogP contribution in [0.4, 0.5) is 0 Å². The molecule has 1 aromatic carbocycles. The lowest BCUT2D eigenvalue weighted by Crippen LogP contribution is -2.59. The number of rotatable bonds is 5. The second kappa shape index (κ2) is 9.93. The number of aryl methyl sites for hydroxylation is 2. The third kappa shape index (κ3) is 5.59. The van der Waals surface area contributed by atoms with E-state index in [0.29, 0.717) is 5.92 Å². The fraction of sp³-hybridized carbons (Fsp3) is 0.650. The zero-order valence-corrected chi connectivity index (χ0v) is 17.6. The fourth-order valence-corrected chi connectivity index (χ4v) is 3.82. The summed E-state index contributed by atoms with van der Waals surface area (Å²) in [7, 11) is 0. The van der Waals surface area contributed by atoms with E-state index in [0.717, 1.165) is 45.4 Å². The number of benzene rings is 1. The average molecular weight is 402 g/mol. The lowest BCUT2D eigenvalue weighted by atomic mass is 9.77. The molecule has 0 spiro atoms. The minimum Gasteiger partial charge on any atom is -0.354 e. The van der Waals surface area contributed by atoms with Gasteiger partial charge in [0.15, 0.2) is 0 Å². The van der Waals surface area contributed by atoms with Gasteiger partial charge in [-0.15, -0.1) is 24.8 Å². The van der Waals surface area contributed by atoms with Crippen LogP contribution in [0, 0.1) is 19.8 Å². The molecule has 148 valence electrons. The minimum atomic E-state index is -0.576. The zero-order chi connectivity index (χ0) is 17.2. The zero-order valence-electron chi connectivity index (χ0n) is 15.9. The summed E-state index contributed by atoms with van der Waals surface area (Å²) in [5, 5.41) is 3.11. The van der Waals surface area contributed by atoms with Crippen LogP contribution in [-0.4, -0.2) is 36.0 Å². The molecule has 0 aromatic heterocycles. The van der Waals surface area contributed by atoms with E-state index in [4.69, 9.17) is 5.73 Å². The molecule has 0 radical (unpaired) electrons. The SMILES string of the molecule is Cc1ccc(CN2CCCC(CNC(=O)C3(N)CCC3)C2)cc1C.Cl.Cl. The van der Waals surface area contributed by atoms with Crippen molar-refractivity contribution in [2.45, 2.75) is 58.0 Å². The topological polar surface area (TPSA) is 58.4 Å². The lowest BCUT2D eigenvalue weighted by Gasteiger charge is -2.37. The number of nitrogens with one attached hydrogen (secondary N) is 1. The number of carbonyl (C=O) groups is 1. The Morgan fingerprint density at radius 1 is 1.23 bits per heavy atom. The highest BCUT2D eigenvalue weighted by Gasteiger charge is 2.40. The van der Waals surface area contributed by atoms with E-state index in [1.807, 2.05) is 0 Å². The van der Waals surface area contributed by atoms with Gasteiger partial charge in [-0.3, -0.25) is 9.69 Å². The number of amides is 1. The normalized spacial score (nSPS) is 21.7. The molecule has 1 amide bonds. The van der Waals surface area contributed by atoms with E-state index in [1.54, 1.807) is 0 Å². The summed E-state index contributed by atoms with van der Waals surface area (Å²) in [5.74, 6) is 0.595. The average Bonchev–Trinajstić information content (AvgIpc) is 2.54. The Kier molecular flexibility index (Phi) is 8.87. The largest absolute Gasteiger partial charge is 0.354 e. The van der Waals surface area contributed by atoms with E-state index < -0.39 is 5.54 Å². The molecule has 1 aromatic rings. The van der Waals surface area contributed by atoms with Gasteiger partial charge in [-0.25, -0.2) is 0 Å². The Balaban J connectivity index is 0.00000169. The first kappa shape index (κ1) is 23.2. The van der Waals surface area contributed by atoms with Gasteiger partial charge in [0.1, 0.15) is 0 Å². The lowest BCUT2D eigenvalue weighted by molar-refractivity contribution is -0.129. The molecule has 1 atom stereocenters. The molecule has 1 saturated heterocycles. The number of nitrogens with zero attached hydrogens (tertiary/aromatic N) is 1. The molecule has 1 heterocycles. The Morgan fingerprint density at radius 2 is 1.96 bits per heavy atom. The molecule has 1 unspecified atom stereocenters. The molecule has 0 bridgehead atoms. The van der Waals surface area contributed by atoms with Crippen molar-refractivity contribution >= 4 is 30.7 Å². The summed E-state index contributed by atoms with van der Waals surface area (Å²) in [6.07, 6.45) is 5.16. The van der Waals surface area contributed by atoms with E-state index in [2.05, 4.69) is 42.3 Å². The van der Waals surface area contributed by atoms with Crippen LogP contribution < -0.4 is 11.1 Å². The number of hydrogen-bond acceptors (Lipinski definition) is 3. The van der Waals surface area contributed by atoms with Gasteiger partial charge in [-0.1, -0.05) is 18.2 Å². The smallest absolute Gasteiger partial charge is 0.240 e. The van der Waals surface area contributed by atoms with E-state index in [1.165, 1.54) is 29.5 Å². The molecule has 4 nitrogen and oxygen atoms in total. The number of piperidine rings is 1. The summed E-state index contributed by atoms with van der Waals surface area (Å²) in [6, 6.07) is 6.75. The molecule has 3 rings (SSSR count). The van der Waals surface area contributed by atoms with Crippen molar-refractivity contribution < 1.29 is 4.79 Å². The first-order valence-electron chi connectivity index (χ1n) is 9.32. The maximum absolute atomic E-state index is 12.2. The highest BCUT2D eigenvalue weighted by Crippen LogP contribution is 2.29. The number of halogens is 2. The van der Waals surface area contributed by atoms with Crippen LogP contribution in [0.25, 0.3) is 0 Å². The number of hydrogen-bond donors (Lipinski definition) is 2. The summed E-state index contributed by atoms with van der Waals surface area (Å²) < 4.78 is 0. The van der Waals surface area contributed by atoms with Crippen molar-refractivity contribution in [3.8, 4) is 0 Å². The maximum atomic E-state index is 12.2. The van der Waals surface area contributed by atoms with Crippen LogP contribution in [0.3, 0.4) is 0 Å². The van der Waals surface area contributed by atoms with Crippen LogP contribution >= 0.6 is 24.8 Å². The van der Waals surface area contributed by atoms with E-state index in [9.17, 15) is 4.79 Å². The molecular weight excluding hydrogens is 369 g/mol. The second-order valence-corrected chi connectivity index (χ2v) is 7.88. The van der Waals surface area contributed by atoms with Crippen molar-refractivity contribution in [2.75, 3.05) is 19.6 Å². The Morgan fingerprint density at radius 3 is 2.58 bits per heavy atom. The highest BCUT2D eigenvalue weighted by atomic mass is 35.5. The van der Waals surface area contributed by atoms with E-state index >= 15 is 0 Å². The predicted molar refractivity (Wildman–Crippen MR) is 112 cm³/mol. The van der Waals surface area contributed by atoms with Gasteiger partial charge in [-0.2, -0.15) is 0 Å². The van der Waals surface area contributed by atoms with Gasteiger partial charge in [0.25, 0.3) is 0 Å². The molecule has 2 fully saturated rings. The molecule has 6 heteroatoms. The first-order valence-corrected chi connectivity index (χ1v) is 9.32. The van der Waals surface area contributed by atoms with Crippen molar-refractivity contribution in [1.82, 2.24) is 10.2 Å². The summed E-state index contributed by atoms with van der Waals surface area (Å²) in [4.78, 5) is 14.7. The van der Waals surface area contributed by atoms with Crippen molar-refractivity contribution in [2.24, 2.45) is 11.7 Å². The van der Waals surface area contributed by atoms with Crippen LogP contribution in [0.1, 0.15) is 48.8 Å². The van der Waals surface area contributed by atoms with Gasteiger partial charge in [-0.05, 0) is 75.1 Å². The van der Waals surface area contributed by atoms with Crippen LogP contribution in [0.5, 0.6) is 0 Å². The second-order valence-electron chi connectivity index (χ2n) is 7.88. The van der Waals surface area contributed by atoms with Gasteiger partial charge in [0.05, 0.1) is 5.54 Å². The minimum absolute atomic E-state index is 0. The summed E-state index contributed by atoms with van der Waals surface area (Å²) in [5.41, 5.74) is 9.62. The van der Waals surface area contributed by atoms with Gasteiger partial charge >= 0.3 is 0 Å². The summed E-state index contributed by atoms with van der Waals surface area (Å²) >= 11 is 0. The monoisotopic (exact) mass is 401 g/mol. The number of nitrogens with two attached hydrogens (primary N) is 1. The standard InChI is InChI=1S/C20H31N3O.2ClH/c1-15-6-7-17(11-16(15)2)13-23-10-3-5-18(14-23)12-22-19(24)20(21)8-4-9-20;;/h6-7,11,18H,3-5,8-10,12-14,21H2,1-2H3,(H,22,24);2*1H. The Bertz CT molecular complexity index is 605. The quantitative estimate of drug-likeness (QED) is 0.794.